The van der Waals surface area contributed by atoms with Crippen molar-refractivity contribution in [2.75, 3.05) is 6.54 Å². The van der Waals surface area contributed by atoms with Crippen molar-refractivity contribution in [3.05, 3.63) is 52.7 Å². The molecule has 7 heteroatoms. The highest BCUT2D eigenvalue weighted by atomic mass is 16.5. The Morgan fingerprint density at radius 3 is 2.58 bits per heavy atom. The average molecular weight is 326 g/mol. The molecule has 24 heavy (non-hydrogen) atoms. The molecule has 1 N–H and O–H groups in total. The van der Waals surface area contributed by atoms with Crippen molar-refractivity contribution in [1.29, 1.82) is 0 Å². The van der Waals surface area contributed by atoms with Crippen molar-refractivity contribution in [3.63, 3.8) is 0 Å². The summed E-state index contributed by atoms with van der Waals surface area (Å²) >= 11 is 0. The van der Waals surface area contributed by atoms with Gasteiger partial charge in [-0.05, 0) is 39.3 Å². The molecule has 0 aliphatic heterocycles. The number of nitrogens with zero attached hydrogens (tertiary/aromatic N) is 3. The fraction of sp³-hybridized carbons (Fsp3) is 0.294. The van der Waals surface area contributed by atoms with E-state index in [-0.39, 0.29) is 5.91 Å². The topological polar surface area (TPSA) is 94.1 Å². The molecule has 0 aliphatic carbocycles. The summed E-state index contributed by atoms with van der Waals surface area (Å²) < 4.78 is 10.3. The van der Waals surface area contributed by atoms with Crippen LogP contribution in [0, 0.1) is 20.8 Å². The summed E-state index contributed by atoms with van der Waals surface area (Å²) in [5.41, 5.74) is 3.32. The maximum atomic E-state index is 12.5. The molecular weight excluding hydrogens is 308 g/mol. The van der Waals surface area contributed by atoms with Crippen molar-refractivity contribution in [2.45, 2.75) is 27.2 Å². The van der Waals surface area contributed by atoms with E-state index in [0.717, 1.165) is 17.0 Å². The molecule has 0 fully saturated rings. The van der Waals surface area contributed by atoms with Crippen LogP contribution in [0.3, 0.4) is 0 Å². The van der Waals surface area contributed by atoms with E-state index in [0.29, 0.717) is 35.7 Å². The largest absolute Gasteiger partial charge is 0.361 e. The Morgan fingerprint density at radius 1 is 1.12 bits per heavy atom. The van der Waals surface area contributed by atoms with Gasteiger partial charge in [0.2, 0.25) is 0 Å². The first-order chi connectivity index (χ1) is 11.6. The maximum Gasteiger partial charge on any atom is 0.257 e. The molecule has 7 nitrogen and oxygen atoms in total. The summed E-state index contributed by atoms with van der Waals surface area (Å²) in [5.74, 6) is 1.00. The number of hydrogen-bond acceptors (Lipinski definition) is 6. The van der Waals surface area contributed by atoms with Gasteiger partial charge < -0.3 is 14.4 Å². The Morgan fingerprint density at radius 2 is 1.92 bits per heavy atom. The molecule has 3 aromatic heterocycles. The van der Waals surface area contributed by atoms with Crippen molar-refractivity contribution >= 4 is 5.91 Å². The third kappa shape index (κ3) is 3.05. The third-order valence-corrected chi connectivity index (χ3v) is 3.84. The molecule has 124 valence electrons. The minimum Gasteiger partial charge on any atom is -0.361 e. The Labute approximate surface area is 139 Å². The average Bonchev–Trinajstić information content (AvgIpc) is 3.12. The van der Waals surface area contributed by atoms with Gasteiger partial charge in [0, 0.05) is 18.3 Å². The van der Waals surface area contributed by atoms with E-state index in [1.165, 1.54) is 0 Å². The number of aryl methyl sites for hydroxylation is 3. The van der Waals surface area contributed by atoms with Gasteiger partial charge in [-0.15, -0.1) is 0 Å². The van der Waals surface area contributed by atoms with Gasteiger partial charge in [0.05, 0.1) is 11.4 Å². The van der Waals surface area contributed by atoms with Gasteiger partial charge in [-0.3, -0.25) is 9.78 Å². The zero-order valence-corrected chi connectivity index (χ0v) is 13.8. The van der Waals surface area contributed by atoms with Crippen LogP contribution in [0.15, 0.2) is 33.4 Å². The van der Waals surface area contributed by atoms with E-state index in [2.05, 4.69) is 20.6 Å². The Bertz CT molecular complexity index is 833. The second-order valence-electron chi connectivity index (χ2n) is 5.49. The maximum absolute atomic E-state index is 12.5. The standard InChI is InChI=1S/C17H18N4O3/c1-10-13(11(2)23-20-10)7-9-19-17(22)15-12(3)24-21-16(15)14-6-4-5-8-18-14/h4-6,8H,7,9H2,1-3H3,(H,19,22). The van der Waals surface area contributed by atoms with Crippen molar-refractivity contribution < 1.29 is 13.8 Å². The number of carbonyl (C=O) groups excluding carboxylic acids is 1. The van der Waals surface area contributed by atoms with Crippen molar-refractivity contribution in [1.82, 2.24) is 20.6 Å². The predicted octanol–water partition coefficient (Wildman–Crippen LogP) is 2.62. The first-order valence-corrected chi connectivity index (χ1v) is 7.65. The lowest BCUT2D eigenvalue weighted by Gasteiger charge is -2.05. The number of nitrogens with one attached hydrogen (secondary N) is 1. The highest BCUT2D eigenvalue weighted by Gasteiger charge is 2.22. The minimum atomic E-state index is -0.235. The molecule has 3 rings (SSSR count). The predicted molar refractivity (Wildman–Crippen MR) is 86.5 cm³/mol. The molecule has 3 heterocycles. The van der Waals surface area contributed by atoms with E-state index in [1.54, 1.807) is 25.3 Å². The highest BCUT2D eigenvalue weighted by molar-refractivity contribution is 6.00. The second-order valence-corrected chi connectivity index (χ2v) is 5.49. The molecule has 1 amide bonds. The summed E-state index contributed by atoms with van der Waals surface area (Å²) in [6, 6.07) is 5.43. The summed E-state index contributed by atoms with van der Waals surface area (Å²) in [6.07, 6.45) is 2.30. The summed E-state index contributed by atoms with van der Waals surface area (Å²) in [5, 5.41) is 10.8. The molecule has 0 spiro atoms. The first-order valence-electron chi connectivity index (χ1n) is 7.65. The number of aromatic nitrogens is 3. The van der Waals surface area contributed by atoms with Gasteiger partial charge in [0.15, 0.2) is 0 Å². The molecule has 0 aliphatic rings. The van der Waals surface area contributed by atoms with Crippen LogP contribution in [0.5, 0.6) is 0 Å². The fourth-order valence-electron chi connectivity index (χ4n) is 2.57. The van der Waals surface area contributed by atoms with Crippen LogP contribution < -0.4 is 5.32 Å². The van der Waals surface area contributed by atoms with Crippen molar-refractivity contribution in [3.8, 4) is 11.4 Å². The van der Waals surface area contributed by atoms with Gasteiger partial charge >= 0.3 is 0 Å². The van der Waals surface area contributed by atoms with Crippen LogP contribution in [-0.4, -0.2) is 27.7 Å². The second kappa shape index (κ2) is 6.66. The van der Waals surface area contributed by atoms with Gasteiger partial charge in [0.25, 0.3) is 5.91 Å². The SMILES string of the molecule is Cc1noc(C)c1CCNC(=O)c1c(-c2ccccn2)noc1C. The Balaban J connectivity index is 1.73. The normalized spacial score (nSPS) is 10.8. The van der Waals surface area contributed by atoms with E-state index < -0.39 is 0 Å². The van der Waals surface area contributed by atoms with E-state index in [1.807, 2.05) is 19.9 Å². The van der Waals surface area contributed by atoms with Crippen LogP contribution in [0.1, 0.15) is 33.1 Å². The van der Waals surface area contributed by atoms with Crippen molar-refractivity contribution in [2.24, 2.45) is 0 Å². The minimum absolute atomic E-state index is 0.235. The summed E-state index contributed by atoms with van der Waals surface area (Å²) in [4.78, 5) is 16.8. The quantitative estimate of drug-likeness (QED) is 0.774. The van der Waals surface area contributed by atoms with E-state index >= 15 is 0 Å². The van der Waals surface area contributed by atoms with Crippen LogP contribution in [-0.2, 0) is 6.42 Å². The monoisotopic (exact) mass is 326 g/mol. The smallest absolute Gasteiger partial charge is 0.257 e. The number of pyridine rings is 1. The Kier molecular flexibility index (Phi) is 4.41. The van der Waals surface area contributed by atoms with E-state index in [4.69, 9.17) is 9.05 Å². The molecule has 0 aromatic carbocycles. The third-order valence-electron chi connectivity index (χ3n) is 3.84. The van der Waals surface area contributed by atoms with Gasteiger partial charge in [0.1, 0.15) is 22.8 Å². The molecule has 0 atom stereocenters. The number of carbonyl (C=O) groups is 1. The van der Waals surface area contributed by atoms with E-state index in [9.17, 15) is 4.79 Å². The number of amides is 1. The number of hydrogen-bond donors (Lipinski definition) is 1. The summed E-state index contributed by atoms with van der Waals surface area (Å²) in [6.45, 7) is 5.92. The Hall–Kier alpha value is -2.96. The summed E-state index contributed by atoms with van der Waals surface area (Å²) in [7, 11) is 0. The van der Waals surface area contributed by atoms with Gasteiger partial charge in [-0.2, -0.15) is 0 Å². The van der Waals surface area contributed by atoms with Gasteiger partial charge in [-0.1, -0.05) is 16.4 Å². The van der Waals surface area contributed by atoms with Crippen LogP contribution >= 0.6 is 0 Å². The lowest BCUT2D eigenvalue weighted by Crippen LogP contribution is -2.26. The van der Waals surface area contributed by atoms with Crippen LogP contribution in [0.2, 0.25) is 0 Å². The fourth-order valence-corrected chi connectivity index (χ4v) is 2.57. The molecule has 0 saturated heterocycles. The molecular formula is C17H18N4O3. The molecule has 0 saturated carbocycles. The van der Waals surface area contributed by atoms with Gasteiger partial charge in [-0.25, -0.2) is 0 Å². The zero-order chi connectivity index (χ0) is 17.1. The van der Waals surface area contributed by atoms with Crippen LogP contribution in [0.4, 0.5) is 0 Å². The lowest BCUT2D eigenvalue weighted by atomic mass is 10.1. The zero-order valence-electron chi connectivity index (χ0n) is 13.8. The van der Waals surface area contributed by atoms with Crippen LogP contribution in [0.25, 0.3) is 11.4 Å². The highest BCUT2D eigenvalue weighted by Crippen LogP contribution is 2.23. The lowest BCUT2D eigenvalue weighted by molar-refractivity contribution is 0.0953. The first kappa shape index (κ1) is 15.9. The molecule has 0 radical (unpaired) electrons. The molecule has 0 bridgehead atoms. The number of rotatable bonds is 5. The molecule has 3 aromatic rings. The molecule has 0 unspecified atom stereocenters.